The highest BCUT2D eigenvalue weighted by atomic mass is 32.1. The van der Waals surface area contributed by atoms with Crippen LogP contribution in [0.5, 0.6) is 0 Å². The number of carbonyl (C=O) groups is 1. The minimum Gasteiger partial charge on any atom is -0.281 e. The molecule has 1 amide bonds. The van der Waals surface area contributed by atoms with Gasteiger partial charge in [-0.25, -0.2) is 14.5 Å². The third kappa shape index (κ3) is 2.17. The zero-order valence-corrected chi connectivity index (χ0v) is 13.0. The van der Waals surface area contributed by atoms with Gasteiger partial charge in [-0.15, -0.1) is 10.2 Å². The number of amides is 1. The van der Waals surface area contributed by atoms with Gasteiger partial charge >= 0.3 is 0 Å². The SMILES string of the molecule is CC(C)(C)c1nnc2c3c(NNC=O)ncnc3[nH]n2c1=S. The van der Waals surface area contributed by atoms with E-state index in [1.165, 1.54) is 6.33 Å². The summed E-state index contributed by atoms with van der Waals surface area (Å²) in [6.45, 7) is 6.05. The zero-order chi connectivity index (χ0) is 15.9. The highest BCUT2D eigenvalue weighted by Crippen LogP contribution is 2.25. The van der Waals surface area contributed by atoms with E-state index < -0.39 is 0 Å². The van der Waals surface area contributed by atoms with E-state index in [-0.39, 0.29) is 5.41 Å². The van der Waals surface area contributed by atoms with Crippen LogP contribution in [0.25, 0.3) is 16.7 Å². The van der Waals surface area contributed by atoms with Gasteiger partial charge in [-0.3, -0.25) is 20.7 Å². The van der Waals surface area contributed by atoms with E-state index in [0.29, 0.717) is 39.2 Å². The van der Waals surface area contributed by atoms with Crippen molar-refractivity contribution in [3.05, 3.63) is 16.7 Å². The van der Waals surface area contributed by atoms with Crippen LogP contribution in [0.15, 0.2) is 6.33 Å². The number of anilines is 1. The Kier molecular flexibility index (Phi) is 3.24. The zero-order valence-electron chi connectivity index (χ0n) is 12.2. The molecule has 0 bridgehead atoms. The fraction of sp³-hybridized carbons (Fsp3) is 0.333. The number of hydrogen-bond donors (Lipinski definition) is 3. The summed E-state index contributed by atoms with van der Waals surface area (Å²) in [5, 5.41) is 12.2. The number of fused-ring (bicyclic) bond motifs is 3. The lowest BCUT2D eigenvalue weighted by Crippen LogP contribution is -2.20. The first-order chi connectivity index (χ1) is 10.4. The van der Waals surface area contributed by atoms with Crippen LogP contribution in [-0.2, 0) is 10.2 Å². The molecular formula is C12H14N8OS. The molecule has 0 saturated carbocycles. The molecule has 0 saturated heterocycles. The molecule has 3 rings (SSSR count). The standard InChI is InChI=1S/C12H14N8OS/c1-12(2,3)7-11(22)20-10(18-16-7)6-8(17-15-5-21)13-4-14-9(6)19-20/h4-5H,1-3H3,(H,15,21)(H2,13,14,17,19). The third-order valence-electron chi connectivity index (χ3n) is 3.11. The normalized spacial score (nSPS) is 11.8. The molecule has 22 heavy (non-hydrogen) atoms. The Morgan fingerprint density at radius 1 is 1.32 bits per heavy atom. The molecule has 0 aliphatic heterocycles. The molecule has 0 atom stereocenters. The van der Waals surface area contributed by atoms with Crippen LogP contribution in [0.2, 0.25) is 0 Å². The van der Waals surface area contributed by atoms with E-state index >= 15 is 0 Å². The van der Waals surface area contributed by atoms with Crippen LogP contribution in [0.3, 0.4) is 0 Å². The summed E-state index contributed by atoms with van der Waals surface area (Å²) in [7, 11) is 0. The van der Waals surface area contributed by atoms with E-state index in [1.807, 2.05) is 20.8 Å². The molecule has 0 aromatic carbocycles. The van der Waals surface area contributed by atoms with Crippen LogP contribution in [0, 0.1) is 4.64 Å². The van der Waals surface area contributed by atoms with Crippen molar-refractivity contribution in [2.45, 2.75) is 26.2 Å². The maximum Gasteiger partial charge on any atom is 0.225 e. The van der Waals surface area contributed by atoms with Crippen LogP contribution >= 0.6 is 12.2 Å². The average molecular weight is 318 g/mol. The van der Waals surface area contributed by atoms with Crippen molar-refractivity contribution in [2.24, 2.45) is 0 Å². The summed E-state index contributed by atoms with van der Waals surface area (Å²) < 4.78 is 2.18. The second-order valence-corrected chi connectivity index (χ2v) is 6.09. The van der Waals surface area contributed by atoms with Gasteiger partial charge in [0, 0.05) is 5.41 Å². The second kappa shape index (κ2) is 4.98. The average Bonchev–Trinajstić information content (AvgIpc) is 2.84. The number of nitrogens with zero attached hydrogens (tertiary/aromatic N) is 5. The van der Waals surface area contributed by atoms with Gasteiger partial charge in [-0.2, -0.15) is 0 Å². The maximum absolute atomic E-state index is 10.5. The smallest absolute Gasteiger partial charge is 0.225 e. The molecule has 0 radical (unpaired) electrons. The number of rotatable bonds is 3. The molecule has 3 aromatic heterocycles. The molecule has 0 fully saturated rings. The molecule has 0 aliphatic rings. The molecular weight excluding hydrogens is 304 g/mol. The van der Waals surface area contributed by atoms with Gasteiger partial charge in [-0.05, 0) is 0 Å². The van der Waals surface area contributed by atoms with Crippen molar-refractivity contribution in [3.63, 3.8) is 0 Å². The van der Waals surface area contributed by atoms with Gasteiger partial charge in [0.05, 0.1) is 0 Å². The van der Waals surface area contributed by atoms with Gasteiger partial charge in [0.15, 0.2) is 21.8 Å². The Hall–Kier alpha value is -2.62. The van der Waals surface area contributed by atoms with Gasteiger partial charge in [0.2, 0.25) is 6.41 Å². The lowest BCUT2D eigenvalue weighted by Gasteiger charge is -2.16. The van der Waals surface area contributed by atoms with Crippen LogP contribution in [0.1, 0.15) is 26.5 Å². The summed E-state index contributed by atoms with van der Waals surface area (Å²) in [5.41, 5.74) is 6.53. The number of aromatic nitrogens is 6. The summed E-state index contributed by atoms with van der Waals surface area (Å²) >= 11 is 5.50. The minimum atomic E-state index is -0.228. The van der Waals surface area contributed by atoms with Crippen molar-refractivity contribution < 1.29 is 4.79 Å². The molecule has 0 spiro atoms. The van der Waals surface area contributed by atoms with E-state index in [4.69, 9.17) is 12.2 Å². The van der Waals surface area contributed by atoms with Gasteiger partial charge < -0.3 is 0 Å². The molecule has 3 aromatic rings. The monoisotopic (exact) mass is 318 g/mol. The van der Waals surface area contributed by atoms with Crippen molar-refractivity contribution in [1.29, 1.82) is 0 Å². The predicted octanol–water partition coefficient (Wildman–Crippen LogP) is 1.10. The van der Waals surface area contributed by atoms with Crippen molar-refractivity contribution in [2.75, 3.05) is 5.43 Å². The molecule has 9 nitrogen and oxygen atoms in total. The van der Waals surface area contributed by atoms with Crippen LogP contribution in [-0.4, -0.2) is 36.2 Å². The van der Waals surface area contributed by atoms with E-state index in [0.717, 1.165) is 0 Å². The number of aromatic amines is 1. The quantitative estimate of drug-likeness (QED) is 0.376. The van der Waals surface area contributed by atoms with Gasteiger partial charge in [0.25, 0.3) is 0 Å². The molecule has 3 N–H and O–H groups in total. The lowest BCUT2D eigenvalue weighted by molar-refractivity contribution is -0.109. The topological polar surface area (TPSA) is 113 Å². The lowest BCUT2D eigenvalue weighted by atomic mass is 9.93. The summed E-state index contributed by atoms with van der Waals surface area (Å²) in [6, 6.07) is 0. The highest BCUT2D eigenvalue weighted by Gasteiger charge is 2.22. The summed E-state index contributed by atoms with van der Waals surface area (Å²) in [6.07, 6.45) is 1.88. The Balaban J connectivity index is 2.34. The summed E-state index contributed by atoms with van der Waals surface area (Å²) in [4.78, 5) is 18.7. The van der Waals surface area contributed by atoms with Crippen molar-refractivity contribution in [3.8, 4) is 0 Å². The van der Waals surface area contributed by atoms with Crippen molar-refractivity contribution >= 4 is 41.1 Å². The first kappa shape index (κ1) is 14.3. The predicted molar refractivity (Wildman–Crippen MR) is 82.8 cm³/mol. The van der Waals surface area contributed by atoms with Gasteiger partial charge in [0.1, 0.15) is 17.4 Å². The Labute approximate surface area is 130 Å². The molecule has 0 aliphatic carbocycles. The molecule has 3 heterocycles. The van der Waals surface area contributed by atoms with Crippen LogP contribution in [0.4, 0.5) is 5.82 Å². The van der Waals surface area contributed by atoms with Crippen molar-refractivity contribution in [1.82, 2.24) is 35.2 Å². The van der Waals surface area contributed by atoms with Crippen LogP contribution < -0.4 is 10.9 Å². The number of carbonyl (C=O) groups excluding carboxylic acids is 1. The van der Waals surface area contributed by atoms with E-state index in [2.05, 4.69) is 36.1 Å². The largest absolute Gasteiger partial charge is 0.281 e. The minimum absolute atomic E-state index is 0.228. The Bertz CT molecular complexity index is 922. The first-order valence-electron chi connectivity index (χ1n) is 6.51. The highest BCUT2D eigenvalue weighted by molar-refractivity contribution is 7.71. The number of H-pyrrole nitrogens is 1. The third-order valence-corrected chi connectivity index (χ3v) is 3.49. The number of nitrogens with one attached hydrogen (secondary N) is 3. The van der Waals surface area contributed by atoms with E-state index in [9.17, 15) is 4.79 Å². The summed E-state index contributed by atoms with van der Waals surface area (Å²) in [5.74, 6) is 0.406. The fourth-order valence-electron chi connectivity index (χ4n) is 2.10. The first-order valence-corrected chi connectivity index (χ1v) is 6.92. The Morgan fingerprint density at radius 2 is 2.09 bits per heavy atom. The molecule has 0 unspecified atom stereocenters. The Morgan fingerprint density at radius 3 is 2.77 bits per heavy atom. The fourth-order valence-corrected chi connectivity index (χ4v) is 2.58. The number of hydrogen-bond acceptors (Lipinski definition) is 7. The molecule has 10 heteroatoms. The van der Waals surface area contributed by atoms with Gasteiger partial charge in [-0.1, -0.05) is 33.0 Å². The second-order valence-electron chi connectivity index (χ2n) is 5.71. The number of hydrazine groups is 1. The van der Waals surface area contributed by atoms with E-state index in [1.54, 1.807) is 4.52 Å². The molecule has 114 valence electrons. The maximum atomic E-state index is 10.5.